The summed E-state index contributed by atoms with van der Waals surface area (Å²) in [6, 6.07) is -2.24. The summed E-state index contributed by atoms with van der Waals surface area (Å²) < 4.78 is 17.8. The third kappa shape index (κ3) is 7.81. The molecule has 0 aromatic heterocycles. The van der Waals surface area contributed by atoms with Gasteiger partial charge in [0.05, 0.1) is 37.1 Å². The van der Waals surface area contributed by atoms with Crippen LogP contribution in [0.5, 0.6) is 0 Å². The standard InChI is InChI=1S/C23H48N6O10/c1-9-17(26)21(37-14(18(9)33)7-27-4-2-3-24)16-10(25)5-11(28-23(35)29-36)20(19(16)34)39-22-13(32)6-12(31)15(8-30)38-22/h9-23,27-36H,2-8,24-26H2,1H3. The highest BCUT2D eigenvalue weighted by Crippen LogP contribution is 2.38. The van der Waals surface area contributed by atoms with Crippen molar-refractivity contribution in [1.82, 2.24) is 16.1 Å². The Labute approximate surface area is 227 Å². The minimum atomic E-state index is -1.59. The Hall–Kier alpha value is -0.640. The molecule has 3 aliphatic rings. The van der Waals surface area contributed by atoms with E-state index in [4.69, 9.17) is 36.6 Å². The van der Waals surface area contributed by atoms with Gasteiger partial charge in [-0.2, -0.15) is 5.48 Å². The van der Waals surface area contributed by atoms with Gasteiger partial charge in [0.25, 0.3) is 0 Å². The lowest BCUT2D eigenvalue weighted by Gasteiger charge is -2.52. The van der Waals surface area contributed by atoms with Gasteiger partial charge >= 0.3 is 0 Å². The zero-order valence-electron chi connectivity index (χ0n) is 22.2. The lowest BCUT2D eigenvalue weighted by molar-refractivity contribution is -0.304. The van der Waals surface area contributed by atoms with Crippen molar-refractivity contribution >= 4 is 0 Å². The molecule has 0 spiro atoms. The topological polar surface area (TPSA) is 283 Å². The number of hydrogen-bond donors (Lipinski definition) is 13. The van der Waals surface area contributed by atoms with Crippen LogP contribution in [0.4, 0.5) is 0 Å². The molecule has 0 bridgehead atoms. The fraction of sp³-hybridized carbons (Fsp3) is 1.00. The molecular formula is C23H48N6O10. The van der Waals surface area contributed by atoms with Gasteiger partial charge < -0.3 is 72.6 Å². The second-order valence-electron chi connectivity index (χ2n) is 10.9. The van der Waals surface area contributed by atoms with E-state index in [0.717, 1.165) is 6.42 Å². The van der Waals surface area contributed by atoms with Crippen LogP contribution in [0.3, 0.4) is 0 Å². The Balaban J connectivity index is 1.83. The molecule has 39 heavy (non-hydrogen) atoms. The summed E-state index contributed by atoms with van der Waals surface area (Å²) in [5.74, 6) is -1.18. The van der Waals surface area contributed by atoms with E-state index in [-0.39, 0.29) is 12.8 Å². The number of hydrogen-bond acceptors (Lipinski definition) is 16. The average molecular weight is 569 g/mol. The number of aliphatic hydroxyl groups is 6. The van der Waals surface area contributed by atoms with Crippen molar-refractivity contribution in [3.63, 3.8) is 0 Å². The minimum absolute atomic E-state index is 0.128. The van der Waals surface area contributed by atoms with Crippen LogP contribution in [0.1, 0.15) is 26.2 Å². The zero-order valence-corrected chi connectivity index (χ0v) is 22.2. The molecule has 1 saturated carbocycles. The van der Waals surface area contributed by atoms with Crippen LogP contribution in [0.2, 0.25) is 0 Å². The molecule has 2 aliphatic heterocycles. The third-order valence-electron chi connectivity index (χ3n) is 8.17. The molecule has 16 heteroatoms. The molecule has 15 unspecified atom stereocenters. The maximum atomic E-state index is 11.6. The minimum Gasteiger partial charge on any atom is -0.394 e. The van der Waals surface area contributed by atoms with Crippen molar-refractivity contribution in [1.29, 1.82) is 0 Å². The predicted molar refractivity (Wildman–Crippen MR) is 136 cm³/mol. The maximum Gasteiger partial charge on any atom is 0.184 e. The van der Waals surface area contributed by atoms with E-state index < -0.39 is 98.0 Å². The molecule has 0 aromatic rings. The van der Waals surface area contributed by atoms with Crippen LogP contribution in [-0.4, -0.2) is 142 Å². The number of nitrogens with one attached hydrogen (secondary N) is 3. The summed E-state index contributed by atoms with van der Waals surface area (Å²) in [5.41, 5.74) is 20.2. The molecule has 16 N–H and O–H groups in total. The van der Waals surface area contributed by atoms with Gasteiger partial charge in [0.2, 0.25) is 0 Å². The summed E-state index contributed by atoms with van der Waals surface area (Å²) in [6.07, 6.45) is -10.4. The van der Waals surface area contributed by atoms with Crippen molar-refractivity contribution in [2.24, 2.45) is 29.0 Å². The van der Waals surface area contributed by atoms with Gasteiger partial charge in [0.1, 0.15) is 18.3 Å². The van der Waals surface area contributed by atoms with E-state index in [1.807, 2.05) is 0 Å². The van der Waals surface area contributed by atoms with Crippen LogP contribution in [-0.2, 0) is 14.2 Å². The summed E-state index contributed by atoms with van der Waals surface area (Å²) in [6.45, 7) is 2.76. The Kier molecular flexibility index (Phi) is 12.7. The fourth-order valence-electron chi connectivity index (χ4n) is 5.84. The number of rotatable bonds is 12. The maximum absolute atomic E-state index is 11.6. The molecule has 0 amide bonds. The molecular weight excluding hydrogens is 520 g/mol. The molecule has 230 valence electrons. The second kappa shape index (κ2) is 15.0. The highest BCUT2D eigenvalue weighted by atomic mass is 16.7. The van der Waals surface area contributed by atoms with Gasteiger partial charge in [0.15, 0.2) is 12.6 Å². The van der Waals surface area contributed by atoms with Crippen LogP contribution in [0.25, 0.3) is 0 Å². The van der Waals surface area contributed by atoms with Gasteiger partial charge in [-0.05, 0) is 25.9 Å². The highest BCUT2D eigenvalue weighted by Gasteiger charge is 2.54. The first-order valence-corrected chi connectivity index (χ1v) is 13.6. The van der Waals surface area contributed by atoms with E-state index in [1.165, 1.54) is 0 Å². The quantitative estimate of drug-likeness (QED) is 0.0592. The SMILES string of the molecule is CC1C(N)C(C2C(N)CC(NC(O)NO)C(OC3OC(CO)C(O)CC3O)C2O)OC(CNCCCN)C1O. The Morgan fingerprint density at radius 2 is 1.74 bits per heavy atom. The molecule has 0 radical (unpaired) electrons. The van der Waals surface area contributed by atoms with Crippen LogP contribution in [0, 0.1) is 11.8 Å². The van der Waals surface area contributed by atoms with Gasteiger partial charge in [-0.25, -0.2) is 0 Å². The Morgan fingerprint density at radius 1 is 1.03 bits per heavy atom. The molecule has 16 nitrogen and oxygen atoms in total. The molecule has 0 aromatic carbocycles. The first-order chi connectivity index (χ1) is 18.5. The largest absolute Gasteiger partial charge is 0.394 e. The summed E-state index contributed by atoms with van der Waals surface area (Å²) >= 11 is 0. The normalized spacial score (nSPS) is 46.2. The lowest BCUT2D eigenvalue weighted by Crippen LogP contribution is -2.70. The van der Waals surface area contributed by atoms with Crippen LogP contribution < -0.4 is 33.3 Å². The van der Waals surface area contributed by atoms with Gasteiger partial charge in [-0.3, -0.25) is 5.32 Å². The molecule has 2 saturated heterocycles. The first-order valence-electron chi connectivity index (χ1n) is 13.6. The Morgan fingerprint density at radius 3 is 2.38 bits per heavy atom. The second-order valence-corrected chi connectivity index (χ2v) is 10.9. The van der Waals surface area contributed by atoms with Crippen molar-refractivity contribution in [3.05, 3.63) is 0 Å². The van der Waals surface area contributed by atoms with E-state index in [1.54, 1.807) is 12.4 Å². The smallest absolute Gasteiger partial charge is 0.184 e. The van der Waals surface area contributed by atoms with Gasteiger partial charge in [-0.1, -0.05) is 6.92 Å². The van der Waals surface area contributed by atoms with Crippen molar-refractivity contribution in [2.45, 2.75) is 106 Å². The van der Waals surface area contributed by atoms with Gasteiger partial charge in [-0.15, -0.1) is 0 Å². The van der Waals surface area contributed by atoms with Crippen molar-refractivity contribution in [2.75, 3.05) is 26.2 Å². The van der Waals surface area contributed by atoms with E-state index >= 15 is 0 Å². The molecule has 15 atom stereocenters. The van der Waals surface area contributed by atoms with Crippen LogP contribution in [0.15, 0.2) is 0 Å². The third-order valence-corrected chi connectivity index (χ3v) is 8.17. The number of ether oxygens (including phenoxy) is 3. The average Bonchev–Trinajstić information content (AvgIpc) is 2.90. The zero-order chi connectivity index (χ0) is 28.9. The van der Waals surface area contributed by atoms with E-state index in [0.29, 0.717) is 19.6 Å². The van der Waals surface area contributed by atoms with Crippen molar-refractivity contribution in [3.8, 4) is 0 Å². The monoisotopic (exact) mass is 568 g/mol. The first kappa shape index (κ1) is 32.9. The molecule has 3 fully saturated rings. The Bertz CT molecular complexity index is 733. The number of nitrogens with two attached hydrogens (primary N) is 3. The molecule has 1 aliphatic carbocycles. The van der Waals surface area contributed by atoms with Crippen LogP contribution >= 0.6 is 0 Å². The molecule has 3 rings (SSSR count). The van der Waals surface area contributed by atoms with E-state index in [2.05, 4.69) is 10.6 Å². The fourth-order valence-corrected chi connectivity index (χ4v) is 5.84. The summed E-state index contributed by atoms with van der Waals surface area (Å²) in [4.78, 5) is 0. The predicted octanol–water partition coefficient (Wildman–Crippen LogP) is -5.85. The van der Waals surface area contributed by atoms with E-state index in [9.17, 15) is 30.6 Å². The number of hydroxylamine groups is 1. The molecule has 2 heterocycles. The summed E-state index contributed by atoms with van der Waals surface area (Å²) in [7, 11) is 0. The number of aliphatic hydroxyl groups excluding tert-OH is 6. The highest BCUT2D eigenvalue weighted by molar-refractivity contribution is 5.06. The summed E-state index contributed by atoms with van der Waals surface area (Å²) in [5, 5.41) is 77.5. The van der Waals surface area contributed by atoms with Crippen molar-refractivity contribution < 1.29 is 50.1 Å². The lowest BCUT2D eigenvalue weighted by atomic mass is 9.70. The van der Waals surface area contributed by atoms with Gasteiger partial charge in [0, 0.05) is 42.9 Å².